The first-order chi connectivity index (χ1) is 14.4. The van der Waals surface area contributed by atoms with Gasteiger partial charge < -0.3 is 15.4 Å². The van der Waals surface area contributed by atoms with Gasteiger partial charge in [0, 0.05) is 12.2 Å². The molecule has 0 aliphatic rings. The summed E-state index contributed by atoms with van der Waals surface area (Å²) in [7, 11) is 0. The Morgan fingerprint density at radius 3 is 2.63 bits per heavy atom. The van der Waals surface area contributed by atoms with Crippen molar-refractivity contribution in [1.82, 2.24) is 10.7 Å². The minimum Gasteiger partial charge on any atom is -0.484 e. The zero-order chi connectivity index (χ0) is 21.9. The lowest BCUT2D eigenvalue weighted by atomic mass is 10.1. The molecular formula is C22H24N4O4. The van der Waals surface area contributed by atoms with Crippen LogP contribution in [0.4, 0.5) is 5.69 Å². The number of hydrogen-bond donors (Lipinski definition) is 3. The minimum atomic E-state index is -0.886. The molecule has 0 saturated heterocycles. The Morgan fingerprint density at radius 2 is 1.87 bits per heavy atom. The van der Waals surface area contributed by atoms with Crippen LogP contribution >= 0.6 is 0 Å². The standard InChI is InChI=1S/C22H24N4O4/c1-4-11-23-21(28)22(29)26-24-13-17-8-6-9-18(12-17)30-14-20(27)25-19-10-5-7-15(2)16(19)3/h4-10,12-13H,1,11,14H2,2-3H3,(H,23,28)(H,25,27)(H,26,29)/b24-13-. The first-order valence-corrected chi connectivity index (χ1v) is 9.21. The van der Waals surface area contributed by atoms with Gasteiger partial charge in [-0.15, -0.1) is 6.58 Å². The van der Waals surface area contributed by atoms with Crippen LogP contribution in [0.5, 0.6) is 5.75 Å². The summed E-state index contributed by atoms with van der Waals surface area (Å²) >= 11 is 0. The topological polar surface area (TPSA) is 109 Å². The molecule has 0 aliphatic carbocycles. The van der Waals surface area contributed by atoms with E-state index >= 15 is 0 Å². The highest BCUT2D eigenvalue weighted by molar-refractivity contribution is 6.35. The summed E-state index contributed by atoms with van der Waals surface area (Å²) in [5, 5.41) is 8.90. The van der Waals surface area contributed by atoms with E-state index in [4.69, 9.17) is 4.74 Å². The van der Waals surface area contributed by atoms with Crippen LogP contribution in [-0.2, 0) is 14.4 Å². The fourth-order valence-corrected chi connectivity index (χ4v) is 2.37. The van der Waals surface area contributed by atoms with Gasteiger partial charge in [0.05, 0.1) is 6.21 Å². The Bertz CT molecular complexity index is 969. The summed E-state index contributed by atoms with van der Waals surface area (Å²) in [6.45, 7) is 7.39. The third-order valence-electron chi connectivity index (χ3n) is 4.10. The molecule has 0 saturated carbocycles. The quantitative estimate of drug-likeness (QED) is 0.269. The average Bonchev–Trinajstić information content (AvgIpc) is 2.74. The number of ether oxygens (including phenoxy) is 1. The summed E-state index contributed by atoms with van der Waals surface area (Å²) in [5.74, 6) is -1.51. The summed E-state index contributed by atoms with van der Waals surface area (Å²) in [6.07, 6.45) is 2.82. The van der Waals surface area contributed by atoms with E-state index in [0.29, 0.717) is 11.3 Å². The molecule has 0 spiro atoms. The number of carbonyl (C=O) groups is 3. The van der Waals surface area contributed by atoms with Crippen molar-refractivity contribution in [2.45, 2.75) is 13.8 Å². The van der Waals surface area contributed by atoms with E-state index in [0.717, 1.165) is 16.8 Å². The van der Waals surface area contributed by atoms with Crippen molar-refractivity contribution in [2.75, 3.05) is 18.5 Å². The third-order valence-corrected chi connectivity index (χ3v) is 4.10. The van der Waals surface area contributed by atoms with Gasteiger partial charge in [-0.25, -0.2) is 5.43 Å². The lowest BCUT2D eigenvalue weighted by molar-refractivity contribution is -0.139. The van der Waals surface area contributed by atoms with Gasteiger partial charge >= 0.3 is 11.8 Å². The summed E-state index contributed by atoms with van der Waals surface area (Å²) in [6, 6.07) is 12.5. The predicted octanol–water partition coefficient (Wildman–Crippen LogP) is 2.07. The first kappa shape index (κ1) is 22.4. The molecule has 0 fully saturated rings. The van der Waals surface area contributed by atoms with E-state index < -0.39 is 11.8 Å². The van der Waals surface area contributed by atoms with Gasteiger partial charge in [0.25, 0.3) is 5.91 Å². The molecule has 0 unspecified atom stereocenters. The maximum atomic E-state index is 12.2. The zero-order valence-electron chi connectivity index (χ0n) is 16.9. The largest absolute Gasteiger partial charge is 0.484 e. The molecule has 0 aliphatic heterocycles. The van der Waals surface area contributed by atoms with Gasteiger partial charge in [0.1, 0.15) is 5.75 Å². The van der Waals surface area contributed by atoms with E-state index in [9.17, 15) is 14.4 Å². The fraction of sp³-hybridized carbons (Fsp3) is 0.182. The monoisotopic (exact) mass is 408 g/mol. The predicted molar refractivity (Wildman–Crippen MR) is 115 cm³/mol. The van der Waals surface area contributed by atoms with Crippen molar-refractivity contribution in [3.05, 3.63) is 71.8 Å². The highest BCUT2D eigenvalue weighted by Crippen LogP contribution is 2.18. The molecule has 0 aromatic heterocycles. The second-order valence-corrected chi connectivity index (χ2v) is 6.35. The molecule has 0 radical (unpaired) electrons. The normalized spacial score (nSPS) is 10.3. The molecule has 2 aromatic rings. The zero-order valence-corrected chi connectivity index (χ0v) is 16.9. The van der Waals surface area contributed by atoms with Gasteiger partial charge in [0.15, 0.2) is 6.61 Å². The van der Waals surface area contributed by atoms with Crippen LogP contribution in [0, 0.1) is 13.8 Å². The van der Waals surface area contributed by atoms with Gasteiger partial charge in [-0.2, -0.15) is 5.10 Å². The SMILES string of the molecule is C=CCNC(=O)C(=O)N/N=C\c1cccc(OCC(=O)Nc2cccc(C)c2C)c1. The van der Waals surface area contributed by atoms with E-state index in [1.807, 2.05) is 32.0 Å². The minimum absolute atomic E-state index is 0.159. The Hall–Kier alpha value is -3.94. The number of hydrazone groups is 1. The van der Waals surface area contributed by atoms with Crippen molar-refractivity contribution < 1.29 is 19.1 Å². The Kier molecular flexibility index (Phi) is 8.31. The van der Waals surface area contributed by atoms with Crippen LogP contribution in [0.2, 0.25) is 0 Å². The van der Waals surface area contributed by atoms with Crippen LogP contribution in [0.15, 0.2) is 60.2 Å². The van der Waals surface area contributed by atoms with E-state index in [1.54, 1.807) is 24.3 Å². The number of nitrogens with zero attached hydrogens (tertiary/aromatic N) is 1. The van der Waals surface area contributed by atoms with E-state index in [1.165, 1.54) is 12.3 Å². The highest BCUT2D eigenvalue weighted by atomic mass is 16.5. The van der Waals surface area contributed by atoms with Crippen LogP contribution < -0.4 is 20.8 Å². The van der Waals surface area contributed by atoms with E-state index in [2.05, 4.69) is 27.7 Å². The first-order valence-electron chi connectivity index (χ1n) is 9.21. The highest BCUT2D eigenvalue weighted by Gasteiger charge is 2.10. The van der Waals surface area contributed by atoms with Crippen LogP contribution in [0.3, 0.4) is 0 Å². The number of carbonyl (C=O) groups excluding carboxylic acids is 3. The summed E-state index contributed by atoms with van der Waals surface area (Å²) in [4.78, 5) is 35.1. The number of anilines is 1. The van der Waals surface area contributed by atoms with E-state index in [-0.39, 0.29) is 19.1 Å². The molecular weight excluding hydrogens is 384 g/mol. The number of rotatable bonds is 8. The molecule has 0 atom stereocenters. The number of hydrogen-bond acceptors (Lipinski definition) is 5. The number of nitrogens with one attached hydrogen (secondary N) is 3. The van der Waals surface area contributed by atoms with Gasteiger partial charge in [-0.1, -0.05) is 30.3 Å². The maximum absolute atomic E-state index is 12.2. The molecule has 0 bridgehead atoms. The number of amides is 3. The molecule has 2 rings (SSSR count). The molecule has 0 heterocycles. The van der Waals surface area contributed by atoms with Crippen LogP contribution in [-0.4, -0.2) is 37.1 Å². The van der Waals surface area contributed by atoms with Crippen LogP contribution in [0.1, 0.15) is 16.7 Å². The molecule has 8 nitrogen and oxygen atoms in total. The molecule has 3 amide bonds. The number of aryl methyl sites for hydroxylation is 1. The molecule has 2 aromatic carbocycles. The Balaban J connectivity index is 1.87. The molecule has 156 valence electrons. The Morgan fingerprint density at radius 1 is 1.10 bits per heavy atom. The fourth-order valence-electron chi connectivity index (χ4n) is 2.37. The van der Waals surface area contributed by atoms with Gasteiger partial charge in [0.2, 0.25) is 0 Å². The van der Waals surface area contributed by atoms with Crippen molar-refractivity contribution in [2.24, 2.45) is 5.10 Å². The van der Waals surface area contributed by atoms with Gasteiger partial charge in [-0.3, -0.25) is 14.4 Å². The van der Waals surface area contributed by atoms with Crippen LogP contribution in [0.25, 0.3) is 0 Å². The third kappa shape index (κ3) is 6.90. The maximum Gasteiger partial charge on any atom is 0.329 e. The summed E-state index contributed by atoms with van der Waals surface area (Å²) < 4.78 is 5.53. The van der Waals surface area contributed by atoms with Gasteiger partial charge in [-0.05, 0) is 48.7 Å². The lowest BCUT2D eigenvalue weighted by Crippen LogP contribution is -2.37. The molecule has 8 heteroatoms. The average molecular weight is 408 g/mol. The second kappa shape index (κ2) is 11.2. The molecule has 30 heavy (non-hydrogen) atoms. The lowest BCUT2D eigenvalue weighted by Gasteiger charge is -2.11. The van der Waals surface area contributed by atoms with Crippen molar-refractivity contribution in [1.29, 1.82) is 0 Å². The van der Waals surface area contributed by atoms with Crippen molar-refractivity contribution >= 4 is 29.6 Å². The number of benzene rings is 2. The Labute approximate surface area is 175 Å². The van der Waals surface area contributed by atoms with Crippen molar-refractivity contribution in [3.8, 4) is 5.75 Å². The second-order valence-electron chi connectivity index (χ2n) is 6.35. The molecule has 3 N–H and O–H groups in total. The summed E-state index contributed by atoms with van der Waals surface area (Å²) in [5.41, 5.74) is 5.59. The smallest absolute Gasteiger partial charge is 0.329 e. The van der Waals surface area contributed by atoms with Crippen molar-refractivity contribution in [3.63, 3.8) is 0 Å².